The minimum absolute atomic E-state index is 0.102. The molecule has 140 valence electrons. The number of pyridine rings is 1. The number of fused-ring (bicyclic) bond motifs is 1. The van der Waals surface area contributed by atoms with E-state index in [2.05, 4.69) is 4.98 Å². The molecule has 0 aliphatic carbocycles. The van der Waals surface area contributed by atoms with Crippen LogP contribution in [0.1, 0.15) is 5.56 Å². The summed E-state index contributed by atoms with van der Waals surface area (Å²) in [5.41, 5.74) is -0.469. The molecule has 0 saturated carbocycles. The number of benzene rings is 2. The Morgan fingerprint density at radius 1 is 0.929 bits per heavy atom. The van der Waals surface area contributed by atoms with Gasteiger partial charge < -0.3 is 9.52 Å². The fourth-order valence-electron chi connectivity index (χ4n) is 2.93. The number of hydrogen-bond acceptors (Lipinski definition) is 4. The van der Waals surface area contributed by atoms with Crippen LogP contribution in [0.4, 0.5) is 13.2 Å². The van der Waals surface area contributed by atoms with E-state index in [9.17, 15) is 23.1 Å². The lowest BCUT2D eigenvalue weighted by molar-refractivity contribution is -0.137. The highest BCUT2D eigenvalue weighted by molar-refractivity contribution is 5.90. The highest BCUT2D eigenvalue weighted by Gasteiger charge is 2.31. The van der Waals surface area contributed by atoms with Crippen molar-refractivity contribution < 1.29 is 22.7 Å². The summed E-state index contributed by atoms with van der Waals surface area (Å²) in [4.78, 5) is 16.5. The molecule has 2 heterocycles. The standard InChI is InChI=1S/C21H12F3NO3/c22-21(23,24)14-7-9-17-15(10-14)19(26)18(20(27)28-17)16-8-6-13(11-25-16)12-4-2-1-3-5-12/h1-11,26H. The van der Waals surface area contributed by atoms with Gasteiger partial charge in [0, 0.05) is 11.8 Å². The number of aromatic nitrogens is 1. The number of alkyl halides is 3. The van der Waals surface area contributed by atoms with E-state index >= 15 is 0 Å². The predicted octanol–water partition coefficient (Wildman–Crippen LogP) is 5.25. The van der Waals surface area contributed by atoms with Crippen molar-refractivity contribution in [1.29, 1.82) is 0 Å². The van der Waals surface area contributed by atoms with Crippen molar-refractivity contribution in [3.8, 4) is 28.1 Å². The van der Waals surface area contributed by atoms with E-state index in [-0.39, 0.29) is 22.2 Å². The lowest BCUT2D eigenvalue weighted by atomic mass is 10.0. The summed E-state index contributed by atoms with van der Waals surface area (Å²) in [6.07, 6.45) is -3.08. The topological polar surface area (TPSA) is 63.3 Å². The molecule has 0 atom stereocenters. The van der Waals surface area contributed by atoms with Gasteiger partial charge in [0.15, 0.2) is 0 Å². The highest BCUT2D eigenvalue weighted by Crippen LogP contribution is 2.37. The van der Waals surface area contributed by atoms with Crippen LogP contribution in [0.25, 0.3) is 33.4 Å². The molecule has 0 fully saturated rings. The summed E-state index contributed by atoms with van der Waals surface area (Å²) in [6.45, 7) is 0. The molecule has 7 heteroatoms. The average molecular weight is 383 g/mol. The fourth-order valence-corrected chi connectivity index (χ4v) is 2.93. The average Bonchev–Trinajstić information content (AvgIpc) is 2.68. The first-order valence-corrected chi connectivity index (χ1v) is 8.23. The molecule has 0 aliphatic rings. The molecule has 0 bridgehead atoms. The third-order valence-corrected chi connectivity index (χ3v) is 4.33. The van der Waals surface area contributed by atoms with Crippen molar-refractivity contribution in [2.24, 2.45) is 0 Å². The Kier molecular flexibility index (Phi) is 4.15. The normalized spacial score (nSPS) is 11.7. The van der Waals surface area contributed by atoms with Crippen LogP contribution in [0, 0.1) is 0 Å². The second-order valence-electron chi connectivity index (χ2n) is 6.12. The maximum absolute atomic E-state index is 13.0. The molecule has 2 aromatic heterocycles. The van der Waals surface area contributed by atoms with Crippen molar-refractivity contribution in [3.05, 3.63) is 82.8 Å². The van der Waals surface area contributed by atoms with Crippen LogP contribution in [-0.2, 0) is 6.18 Å². The van der Waals surface area contributed by atoms with E-state index in [1.165, 1.54) is 12.3 Å². The molecule has 4 nitrogen and oxygen atoms in total. The molecule has 0 spiro atoms. The van der Waals surface area contributed by atoms with E-state index < -0.39 is 23.1 Å². The van der Waals surface area contributed by atoms with Gasteiger partial charge in [-0.25, -0.2) is 4.79 Å². The Morgan fingerprint density at radius 2 is 1.68 bits per heavy atom. The third-order valence-electron chi connectivity index (χ3n) is 4.33. The smallest absolute Gasteiger partial charge is 0.416 e. The lowest BCUT2D eigenvalue weighted by Crippen LogP contribution is -2.07. The molecule has 28 heavy (non-hydrogen) atoms. The van der Waals surface area contributed by atoms with Crippen molar-refractivity contribution >= 4 is 11.0 Å². The Labute approximate surface area is 156 Å². The fraction of sp³-hybridized carbons (Fsp3) is 0.0476. The second-order valence-corrected chi connectivity index (χ2v) is 6.12. The van der Waals surface area contributed by atoms with Gasteiger partial charge in [-0.05, 0) is 29.8 Å². The zero-order chi connectivity index (χ0) is 19.9. The van der Waals surface area contributed by atoms with Crippen LogP contribution in [0.5, 0.6) is 5.75 Å². The van der Waals surface area contributed by atoms with Crippen LogP contribution in [0.3, 0.4) is 0 Å². The quantitative estimate of drug-likeness (QED) is 0.481. The molecule has 1 N–H and O–H groups in total. The van der Waals surface area contributed by atoms with Crippen LogP contribution >= 0.6 is 0 Å². The van der Waals surface area contributed by atoms with Gasteiger partial charge in [-0.3, -0.25) is 4.98 Å². The first kappa shape index (κ1) is 17.8. The van der Waals surface area contributed by atoms with Gasteiger partial charge in [0.25, 0.3) is 0 Å². The van der Waals surface area contributed by atoms with Gasteiger partial charge in [0.05, 0.1) is 16.6 Å². The Bertz CT molecular complexity index is 1210. The molecule has 0 saturated heterocycles. The predicted molar refractivity (Wildman–Crippen MR) is 97.8 cm³/mol. The second kappa shape index (κ2) is 6.53. The number of aromatic hydroxyl groups is 1. The Morgan fingerprint density at radius 3 is 2.32 bits per heavy atom. The summed E-state index contributed by atoms with van der Waals surface area (Å²) in [6, 6.07) is 15.1. The van der Waals surface area contributed by atoms with Gasteiger partial charge in [-0.15, -0.1) is 0 Å². The van der Waals surface area contributed by atoms with E-state index in [0.29, 0.717) is 0 Å². The first-order chi connectivity index (χ1) is 13.3. The first-order valence-electron chi connectivity index (χ1n) is 8.23. The number of nitrogens with zero attached hydrogens (tertiary/aromatic N) is 1. The van der Waals surface area contributed by atoms with Crippen LogP contribution < -0.4 is 5.63 Å². The summed E-state index contributed by atoms with van der Waals surface area (Å²) in [7, 11) is 0. The van der Waals surface area contributed by atoms with Gasteiger partial charge in [-0.2, -0.15) is 13.2 Å². The third kappa shape index (κ3) is 3.11. The summed E-state index contributed by atoms with van der Waals surface area (Å²) in [5.74, 6) is -0.600. The number of rotatable bonds is 2. The van der Waals surface area contributed by atoms with Gasteiger partial charge in [0.1, 0.15) is 16.9 Å². The Balaban J connectivity index is 1.85. The van der Waals surface area contributed by atoms with Crippen molar-refractivity contribution in [2.45, 2.75) is 6.18 Å². The maximum atomic E-state index is 13.0. The van der Waals surface area contributed by atoms with E-state index in [1.807, 2.05) is 30.3 Å². The molecule has 0 aliphatic heterocycles. The molecule has 2 aromatic carbocycles. The zero-order valence-electron chi connectivity index (χ0n) is 14.2. The van der Waals surface area contributed by atoms with Crippen molar-refractivity contribution in [3.63, 3.8) is 0 Å². The highest BCUT2D eigenvalue weighted by atomic mass is 19.4. The molecular formula is C21H12F3NO3. The van der Waals surface area contributed by atoms with Gasteiger partial charge >= 0.3 is 11.8 Å². The van der Waals surface area contributed by atoms with Crippen LogP contribution in [0.15, 0.2) is 76.1 Å². The molecule has 4 aromatic rings. The molecular weight excluding hydrogens is 371 g/mol. The minimum atomic E-state index is -4.59. The zero-order valence-corrected chi connectivity index (χ0v) is 14.2. The van der Waals surface area contributed by atoms with E-state index in [0.717, 1.165) is 29.3 Å². The van der Waals surface area contributed by atoms with Crippen LogP contribution in [-0.4, -0.2) is 10.1 Å². The van der Waals surface area contributed by atoms with E-state index in [4.69, 9.17) is 4.42 Å². The molecule has 0 radical (unpaired) electrons. The summed E-state index contributed by atoms with van der Waals surface area (Å²) < 4.78 is 44.0. The summed E-state index contributed by atoms with van der Waals surface area (Å²) in [5, 5.41) is 10.3. The Hall–Kier alpha value is -3.61. The molecule has 0 unspecified atom stereocenters. The number of hydrogen-bond donors (Lipinski definition) is 1. The van der Waals surface area contributed by atoms with E-state index in [1.54, 1.807) is 6.07 Å². The van der Waals surface area contributed by atoms with Crippen LogP contribution in [0.2, 0.25) is 0 Å². The largest absolute Gasteiger partial charge is 0.506 e. The summed E-state index contributed by atoms with van der Waals surface area (Å²) >= 11 is 0. The molecule has 4 rings (SSSR count). The minimum Gasteiger partial charge on any atom is -0.506 e. The van der Waals surface area contributed by atoms with Crippen molar-refractivity contribution in [2.75, 3.05) is 0 Å². The van der Waals surface area contributed by atoms with Crippen molar-refractivity contribution in [1.82, 2.24) is 4.98 Å². The van der Waals surface area contributed by atoms with Gasteiger partial charge in [0.2, 0.25) is 0 Å². The maximum Gasteiger partial charge on any atom is 0.416 e. The molecule has 0 amide bonds. The van der Waals surface area contributed by atoms with Gasteiger partial charge in [-0.1, -0.05) is 36.4 Å². The SMILES string of the molecule is O=c1oc2ccc(C(F)(F)F)cc2c(O)c1-c1ccc(-c2ccccc2)cn1. The lowest BCUT2D eigenvalue weighted by Gasteiger charge is -2.10. The number of halogens is 3. The monoisotopic (exact) mass is 383 g/mol.